The van der Waals surface area contributed by atoms with Crippen LogP contribution in [0.4, 0.5) is 5.69 Å². The van der Waals surface area contributed by atoms with Gasteiger partial charge in [-0.1, -0.05) is 29.8 Å². The molecule has 0 spiro atoms. The highest BCUT2D eigenvalue weighted by atomic mass is 32.2. The van der Waals surface area contributed by atoms with Gasteiger partial charge in [0.05, 0.1) is 4.90 Å². The molecule has 0 aliphatic carbocycles. The summed E-state index contributed by atoms with van der Waals surface area (Å²) in [6.07, 6.45) is 1.92. The van der Waals surface area contributed by atoms with Crippen LogP contribution >= 0.6 is 0 Å². The van der Waals surface area contributed by atoms with Gasteiger partial charge in [-0.25, -0.2) is 13.1 Å². The van der Waals surface area contributed by atoms with Crippen molar-refractivity contribution in [1.29, 1.82) is 0 Å². The van der Waals surface area contributed by atoms with Crippen LogP contribution in [0.5, 0.6) is 0 Å². The second kappa shape index (κ2) is 8.62. The first-order chi connectivity index (χ1) is 12.3. The summed E-state index contributed by atoms with van der Waals surface area (Å²) < 4.78 is 25.6. The van der Waals surface area contributed by atoms with Gasteiger partial charge >= 0.3 is 0 Å². The van der Waals surface area contributed by atoms with E-state index in [9.17, 15) is 18.0 Å². The molecule has 0 saturated carbocycles. The summed E-state index contributed by atoms with van der Waals surface area (Å²) in [6.45, 7) is 3.16. The molecule has 2 aromatic rings. The highest BCUT2D eigenvalue weighted by Crippen LogP contribution is 2.15. The predicted molar refractivity (Wildman–Crippen MR) is 100 cm³/mol. The molecule has 7 heteroatoms. The Bertz CT molecular complexity index is 873. The molecular formula is C19H22N2O4S. The summed E-state index contributed by atoms with van der Waals surface area (Å²) in [5.74, 6) is -0.787. The number of nitrogens with one attached hydrogen (secondary N) is 2. The van der Waals surface area contributed by atoms with Crippen LogP contribution in [0.25, 0.3) is 0 Å². The molecule has 0 heterocycles. The van der Waals surface area contributed by atoms with Crippen LogP contribution in [0.3, 0.4) is 0 Å². The van der Waals surface area contributed by atoms with E-state index in [1.165, 1.54) is 35.4 Å². The van der Waals surface area contributed by atoms with Gasteiger partial charge in [-0.2, -0.15) is 0 Å². The van der Waals surface area contributed by atoms with Crippen molar-refractivity contribution in [3.63, 3.8) is 0 Å². The molecule has 138 valence electrons. The number of carbonyl (C=O) groups is 2. The molecule has 0 aliphatic rings. The number of aryl methyl sites for hydroxylation is 2. The van der Waals surface area contributed by atoms with Gasteiger partial charge in [0.15, 0.2) is 0 Å². The molecule has 2 N–H and O–H groups in total. The third kappa shape index (κ3) is 6.00. The average molecular weight is 374 g/mol. The van der Waals surface area contributed by atoms with Gasteiger partial charge in [0, 0.05) is 19.0 Å². The van der Waals surface area contributed by atoms with Crippen LogP contribution in [0.1, 0.15) is 30.9 Å². The number of anilines is 1. The Morgan fingerprint density at radius 2 is 1.58 bits per heavy atom. The maximum atomic E-state index is 12.0. The standard InChI is InChI=1S/C19H22N2O4S/c1-14-6-8-16(9-7-14)4-3-5-19(23)20-17-10-12-18(13-11-17)26(24,25)21-15(2)22/h6-13H,3-5H2,1-2H3,(H,20,23)(H,21,22). The van der Waals surface area contributed by atoms with Crippen molar-refractivity contribution in [3.8, 4) is 0 Å². The molecule has 0 radical (unpaired) electrons. The summed E-state index contributed by atoms with van der Waals surface area (Å²) >= 11 is 0. The first kappa shape index (κ1) is 19.7. The summed E-state index contributed by atoms with van der Waals surface area (Å²) in [7, 11) is -3.86. The van der Waals surface area contributed by atoms with E-state index < -0.39 is 15.9 Å². The fourth-order valence-corrected chi connectivity index (χ4v) is 3.39. The first-order valence-electron chi connectivity index (χ1n) is 8.25. The third-order valence-electron chi connectivity index (χ3n) is 3.72. The molecule has 26 heavy (non-hydrogen) atoms. The van der Waals surface area contributed by atoms with Crippen LogP contribution in [-0.2, 0) is 26.0 Å². The molecular weight excluding hydrogens is 352 g/mol. The fraction of sp³-hybridized carbons (Fsp3) is 0.263. The number of benzene rings is 2. The number of sulfonamides is 1. The molecule has 6 nitrogen and oxygen atoms in total. The number of amides is 2. The van der Waals surface area contributed by atoms with Gasteiger partial charge in [0.25, 0.3) is 10.0 Å². The van der Waals surface area contributed by atoms with E-state index >= 15 is 0 Å². The van der Waals surface area contributed by atoms with Crippen LogP contribution in [0, 0.1) is 6.92 Å². The Labute approximate surface area is 153 Å². The normalized spacial score (nSPS) is 11.0. The Hall–Kier alpha value is -2.67. The van der Waals surface area contributed by atoms with Gasteiger partial charge < -0.3 is 5.32 Å². The average Bonchev–Trinajstić information content (AvgIpc) is 2.56. The molecule has 0 atom stereocenters. The zero-order chi connectivity index (χ0) is 19.2. The molecule has 0 unspecified atom stereocenters. The lowest BCUT2D eigenvalue weighted by molar-refractivity contribution is -0.117. The Morgan fingerprint density at radius 3 is 2.15 bits per heavy atom. The van der Waals surface area contributed by atoms with Crippen LogP contribution in [0.2, 0.25) is 0 Å². The smallest absolute Gasteiger partial charge is 0.264 e. The van der Waals surface area contributed by atoms with E-state index in [-0.39, 0.29) is 10.8 Å². The minimum Gasteiger partial charge on any atom is -0.326 e. The quantitative estimate of drug-likeness (QED) is 0.779. The van der Waals surface area contributed by atoms with E-state index in [1.54, 1.807) is 0 Å². The third-order valence-corrected chi connectivity index (χ3v) is 5.17. The maximum absolute atomic E-state index is 12.0. The summed E-state index contributed by atoms with van der Waals surface area (Å²) in [5.41, 5.74) is 2.90. The van der Waals surface area contributed by atoms with Gasteiger partial charge in [-0.15, -0.1) is 0 Å². The topological polar surface area (TPSA) is 92.3 Å². The molecule has 2 rings (SSSR count). The van der Waals surface area contributed by atoms with E-state index in [2.05, 4.69) is 17.4 Å². The molecule has 0 bridgehead atoms. The van der Waals surface area contributed by atoms with E-state index in [4.69, 9.17) is 0 Å². The minimum absolute atomic E-state index is 0.0370. The summed E-state index contributed by atoms with van der Waals surface area (Å²) in [4.78, 5) is 22.9. The van der Waals surface area contributed by atoms with E-state index in [1.807, 2.05) is 23.8 Å². The Kier molecular flexibility index (Phi) is 6.52. The van der Waals surface area contributed by atoms with Gasteiger partial charge in [0.2, 0.25) is 11.8 Å². The largest absolute Gasteiger partial charge is 0.326 e. The zero-order valence-corrected chi connectivity index (χ0v) is 15.6. The summed E-state index contributed by atoms with van der Waals surface area (Å²) in [6, 6.07) is 13.9. The molecule has 2 aromatic carbocycles. The molecule has 0 fully saturated rings. The number of carbonyl (C=O) groups excluding carboxylic acids is 2. The molecule has 0 aromatic heterocycles. The SMILES string of the molecule is CC(=O)NS(=O)(=O)c1ccc(NC(=O)CCCc2ccc(C)cc2)cc1. The maximum Gasteiger partial charge on any atom is 0.264 e. The van der Waals surface area contributed by atoms with Crippen molar-refractivity contribution in [3.05, 3.63) is 59.7 Å². The van der Waals surface area contributed by atoms with Crippen molar-refractivity contribution in [2.45, 2.75) is 38.0 Å². The predicted octanol–water partition coefficient (Wildman–Crippen LogP) is 2.78. The van der Waals surface area contributed by atoms with Gasteiger partial charge in [0.1, 0.15) is 0 Å². The second-order valence-electron chi connectivity index (χ2n) is 6.07. The van der Waals surface area contributed by atoms with Crippen molar-refractivity contribution < 1.29 is 18.0 Å². The van der Waals surface area contributed by atoms with Crippen molar-refractivity contribution >= 4 is 27.5 Å². The van der Waals surface area contributed by atoms with Crippen molar-refractivity contribution in [2.24, 2.45) is 0 Å². The van der Waals surface area contributed by atoms with Crippen molar-refractivity contribution in [1.82, 2.24) is 4.72 Å². The molecule has 2 amide bonds. The van der Waals surface area contributed by atoms with Gasteiger partial charge in [-0.3, -0.25) is 9.59 Å². The fourth-order valence-electron chi connectivity index (χ4n) is 2.40. The molecule has 0 aliphatic heterocycles. The number of hydrogen-bond acceptors (Lipinski definition) is 4. The van der Waals surface area contributed by atoms with Crippen molar-refractivity contribution in [2.75, 3.05) is 5.32 Å². The highest BCUT2D eigenvalue weighted by molar-refractivity contribution is 7.90. The summed E-state index contributed by atoms with van der Waals surface area (Å²) in [5, 5.41) is 2.74. The highest BCUT2D eigenvalue weighted by Gasteiger charge is 2.15. The Morgan fingerprint density at radius 1 is 0.962 bits per heavy atom. The lowest BCUT2D eigenvalue weighted by atomic mass is 10.1. The van der Waals surface area contributed by atoms with E-state index in [0.717, 1.165) is 19.8 Å². The van der Waals surface area contributed by atoms with Crippen LogP contribution < -0.4 is 10.0 Å². The van der Waals surface area contributed by atoms with E-state index in [0.29, 0.717) is 12.1 Å². The number of rotatable bonds is 7. The lowest BCUT2D eigenvalue weighted by Gasteiger charge is -2.08. The first-order valence-corrected chi connectivity index (χ1v) is 9.73. The lowest BCUT2D eigenvalue weighted by Crippen LogP contribution is -2.28. The number of hydrogen-bond donors (Lipinski definition) is 2. The Balaban J connectivity index is 1.85. The molecule has 0 saturated heterocycles. The van der Waals surface area contributed by atoms with Crippen LogP contribution in [-0.4, -0.2) is 20.2 Å². The zero-order valence-electron chi connectivity index (χ0n) is 14.8. The van der Waals surface area contributed by atoms with Gasteiger partial charge in [-0.05, 0) is 49.6 Å². The van der Waals surface area contributed by atoms with Crippen LogP contribution in [0.15, 0.2) is 53.4 Å². The monoisotopic (exact) mass is 374 g/mol. The second-order valence-corrected chi connectivity index (χ2v) is 7.76. The minimum atomic E-state index is -3.86.